The molecule has 0 unspecified atom stereocenters. The van der Waals surface area contributed by atoms with Crippen molar-refractivity contribution in [1.82, 2.24) is 10.2 Å². The Labute approximate surface area is 127 Å². The van der Waals surface area contributed by atoms with Gasteiger partial charge in [0.25, 0.3) is 0 Å². The van der Waals surface area contributed by atoms with Crippen LogP contribution in [-0.2, 0) is 6.54 Å². The van der Waals surface area contributed by atoms with Crippen LogP contribution in [0, 0.1) is 0 Å². The summed E-state index contributed by atoms with van der Waals surface area (Å²) in [5, 5.41) is 4.40. The molecular weight excluding hydrogens is 272 g/mol. The minimum absolute atomic E-state index is 0.604. The van der Waals surface area contributed by atoms with Crippen molar-refractivity contribution in [2.75, 3.05) is 26.7 Å². The smallest absolute Gasteiger partial charge is 0.123 e. The number of piperidine rings is 1. The number of methoxy groups -OCH3 is 1. The molecule has 1 aromatic rings. The van der Waals surface area contributed by atoms with E-state index >= 15 is 0 Å². The van der Waals surface area contributed by atoms with Crippen molar-refractivity contribution in [3.8, 4) is 5.75 Å². The van der Waals surface area contributed by atoms with Gasteiger partial charge in [0, 0.05) is 23.2 Å². The van der Waals surface area contributed by atoms with Crippen molar-refractivity contribution in [3.63, 3.8) is 0 Å². The van der Waals surface area contributed by atoms with Crippen LogP contribution in [0.15, 0.2) is 18.2 Å². The second-order valence-corrected chi connectivity index (χ2v) is 5.89. The maximum atomic E-state index is 6.06. The first kappa shape index (κ1) is 15.6. The fourth-order valence-corrected chi connectivity index (χ4v) is 3.01. The van der Waals surface area contributed by atoms with E-state index in [1.807, 2.05) is 18.2 Å². The van der Waals surface area contributed by atoms with Gasteiger partial charge in [0.05, 0.1) is 7.11 Å². The molecule has 0 saturated carbocycles. The highest BCUT2D eigenvalue weighted by Crippen LogP contribution is 2.23. The van der Waals surface area contributed by atoms with E-state index in [2.05, 4.69) is 17.1 Å². The molecular formula is C16H25ClN2O. The summed E-state index contributed by atoms with van der Waals surface area (Å²) < 4.78 is 5.38. The van der Waals surface area contributed by atoms with E-state index < -0.39 is 0 Å². The predicted molar refractivity (Wildman–Crippen MR) is 84.6 cm³/mol. The minimum atomic E-state index is 0.604. The first-order valence-corrected chi connectivity index (χ1v) is 7.89. The quantitative estimate of drug-likeness (QED) is 0.871. The lowest BCUT2D eigenvalue weighted by molar-refractivity contribution is 0.197. The molecule has 1 aromatic carbocycles. The fraction of sp³-hybridized carbons (Fsp3) is 0.625. The number of halogens is 1. The van der Waals surface area contributed by atoms with E-state index in [0.29, 0.717) is 6.04 Å². The van der Waals surface area contributed by atoms with Crippen molar-refractivity contribution in [1.29, 1.82) is 0 Å². The average Bonchev–Trinajstić information content (AvgIpc) is 2.47. The molecule has 112 valence electrons. The first-order chi connectivity index (χ1) is 9.72. The van der Waals surface area contributed by atoms with Crippen LogP contribution < -0.4 is 10.1 Å². The molecule has 1 fully saturated rings. The summed E-state index contributed by atoms with van der Waals surface area (Å²) in [4.78, 5) is 2.55. The molecule has 1 aliphatic heterocycles. The third-order valence-electron chi connectivity index (χ3n) is 3.95. The maximum Gasteiger partial charge on any atom is 0.123 e. The van der Waals surface area contributed by atoms with Gasteiger partial charge in [-0.1, -0.05) is 18.5 Å². The van der Waals surface area contributed by atoms with Crippen LogP contribution in [0.25, 0.3) is 0 Å². The van der Waals surface area contributed by atoms with E-state index in [0.717, 1.165) is 22.9 Å². The van der Waals surface area contributed by atoms with Gasteiger partial charge < -0.3 is 15.0 Å². The number of hydrogen-bond acceptors (Lipinski definition) is 3. The van der Waals surface area contributed by atoms with Crippen molar-refractivity contribution in [3.05, 3.63) is 28.8 Å². The Morgan fingerprint density at radius 3 is 2.75 bits per heavy atom. The second-order valence-electron chi connectivity index (χ2n) is 5.45. The number of benzene rings is 1. The third-order valence-corrected chi connectivity index (χ3v) is 4.19. The van der Waals surface area contributed by atoms with E-state index in [1.165, 1.54) is 38.9 Å². The molecule has 0 spiro atoms. The summed E-state index contributed by atoms with van der Waals surface area (Å²) >= 11 is 6.06. The van der Waals surface area contributed by atoms with Crippen molar-refractivity contribution in [2.45, 2.75) is 38.8 Å². The predicted octanol–water partition coefficient (Wildman–Crippen LogP) is 3.31. The van der Waals surface area contributed by atoms with Crippen LogP contribution >= 0.6 is 11.6 Å². The molecule has 0 amide bonds. The van der Waals surface area contributed by atoms with Crippen LogP contribution in [0.5, 0.6) is 5.75 Å². The van der Waals surface area contributed by atoms with Crippen molar-refractivity contribution in [2.24, 2.45) is 0 Å². The fourth-order valence-electron chi connectivity index (χ4n) is 2.82. The number of likely N-dealkylation sites (tertiary alicyclic amines) is 1. The molecule has 4 heteroatoms. The Balaban J connectivity index is 1.83. The van der Waals surface area contributed by atoms with Gasteiger partial charge in [0.1, 0.15) is 5.75 Å². The first-order valence-electron chi connectivity index (χ1n) is 7.51. The lowest BCUT2D eigenvalue weighted by atomic mass is 10.0. The van der Waals surface area contributed by atoms with Gasteiger partial charge >= 0.3 is 0 Å². The van der Waals surface area contributed by atoms with Crippen LogP contribution in [0.4, 0.5) is 0 Å². The summed E-state index contributed by atoms with van der Waals surface area (Å²) in [6.07, 6.45) is 3.70. The Kier molecular flexibility index (Phi) is 6.14. The Morgan fingerprint density at radius 1 is 1.35 bits per heavy atom. The summed E-state index contributed by atoms with van der Waals surface area (Å²) in [6, 6.07) is 6.39. The van der Waals surface area contributed by atoms with Gasteiger partial charge in [-0.05, 0) is 57.1 Å². The highest BCUT2D eigenvalue weighted by Gasteiger charge is 2.18. The van der Waals surface area contributed by atoms with E-state index in [4.69, 9.17) is 16.3 Å². The van der Waals surface area contributed by atoms with Gasteiger partial charge in [-0.3, -0.25) is 0 Å². The standard InChI is InChI=1S/C16H25ClN2O/c1-3-8-19-9-6-15(7-10-19)18-12-13-11-14(17)4-5-16(13)20-2/h4-5,11,15,18H,3,6-10,12H2,1-2H3. The SMILES string of the molecule is CCCN1CCC(NCc2cc(Cl)ccc2OC)CC1. The van der Waals surface area contributed by atoms with Gasteiger partial charge in [-0.2, -0.15) is 0 Å². The zero-order valence-electron chi connectivity index (χ0n) is 12.5. The van der Waals surface area contributed by atoms with E-state index in [-0.39, 0.29) is 0 Å². The topological polar surface area (TPSA) is 24.5 Å². The zero-order valence-corrected chi connectivity index (χ0v) is 13.2. The molecule has 1 N–H and O–H groups in total. The van der Waals surface area contributed by atoms with Crippen molar-refractivity contribution < 1.29 is 4.74 Å². The Morgan fingerprint density at radius 2 is 2.10 bits per heavy atom. The maximum absolute atomic E-state index is 6.06. The number of ether oxygens (including phenoxy) is 1. The number of hydrogen-bond donors (Lipinski definition) is 1. The molecule has 1 heterocycles. The number of nitrogens with zero attached hydrogens (tertiary/aromatic N) is 1. The van der Waals surface area contributed by atoms with E-state index in [9.17, 15) is 0 Å². The monoisotopic (exact) mass is 296 g/mol. The lowest BCUT2D eigenvalue weighted by Gasteiger charge is -2.32. The third kappa shape index (κ3) is 4.37. The summed E-state index contributed by atoms with van der Waals surface area (Å²) in [6.45, 7) is 6.71. The van der Waals surface area contributed by atoms with Crippen molar-refractivity contribution >= 4 is 11.6 Å². The molecule has 3 nitrogen and oxygen atoms in total. The largest absolute Gasteiger partial charge is 0.496 e. The molecule has 0 radical (unpaired) electrons. The molecule has 0 aromatic heterocycles. The zero-order chi connectivity index (χ0) is 14.4. The highest BCUT2D eigenvalue weighted by molar-refractivity contribution is 6.30. The Hall–Kier alpha value is -0.770. The van der Waals surface area contributed by atoms with Crippen LogP contribution in [0.2, 0.25) is 5.02 Å². The van der Waals surface area contributed by atoms with Gasteiger partial charge in [-0.15, -0.1) is 0 Å². The molecule has 0 bridgehead atoms. The summed E-state index contributed by atoms with van der Waals surface area (Å²) in [5.41, 5.74) is 1.14. The van der Waals surface area contributed by atoms with Crippen LogP contribution in [-0.4, -0.2) is 37.7 Å². The van der Waals surface area contributed by atoms with Gasteiger partial charge in [0.2, 0.25) is 0 Å². The summed E-state index contributed by atoms with van der Waals surface area (Å²) in [5.74, 6) is 0.908. The average molecular weight is 297 g/mol. The van der Waals surface area contributed by atoms with Crippen LogP contribution in [0.3, 0.4) is 0 Å². The lowest BCUT2D eigenvalue weighted by Crippen LogP contribution is -2.42. The minimum Gasteiger partial charge on any atom is -0.496 e. The summed E-state index contributed by atoms with van der Waals surface area (Å²) in [7, 11) is 1.70. The molecule has 0 atom stereocenters. The Bertz CT molecular complexity index is 417. The molecule has 1 aliphatic rings. The highest BCUT2D eigenvalue weighted by atomic mass is 35.5. The van der Waals surface area contributed by atoms with Gasteiger partial charge in [0.15, 0.2) is 0 Å². The molecule has 2 rings (SSSR count). The molecule has 20 heavy (non-hydrogen) atoms. The molecule has 1 saturated heterocycles. The van der Waals surface area contributed by atoms with Crippen LogP contribution in [0.1, 0.15) is 31.7 Å². The van der Waals surface area contributed by atoms with E-state index in [1.54, 1.807) is 7.11 Å². The van der Waals surface area contributed by atoms with Gasteiger partial charge in [-0.25, -0.2) is 0 Å². The number of nitrogens with one attached hydrogen (secondary N) is 1. The second kappa shape index (κ2) is 7.87. The molecule has 0 aliphatic carbocycles. The number of rotatable bonds is 6. The normalized spacial score (nSPS) is 17.4.